The van der Waals surface area contributed by atoms with Gasteiger partial charge < -0.3 is 9.88 Å². The molecular weight excluding hydrogens is 238 g/mol. The van der Waals surface area contributed by atoms with Crippen molar-refractivity contribution in [1.29, 1.82) is 5.26 Å². The molecule has 1 amide bonds. The lowest BCUT2D eigenvalue weighted by Gasteiger charge is -2.20. The number of nitriles is 1. The van der Waals surface area contributed by atoms with E-state index in [0.717, 1.165) is 10.9 Å². The second kappa shape index (κ2) is 4.77. The molecule has 1 aromatic carbocycles. The Bertz CT molecular complexity index is 656. The highest BCUT2D eigenvalue weighted by atomic mass is 16.2. The first-order valence-electron chi connectivity index (χ1n) is 6.19. The summed E-state index contributed by atoms with van der Waals surface area (Å²) in [5.41, 5.74) is 1.36. The number of aromatic nitrogens is 1. The summed E-state index contributed by atoms with van der Waals surface area (Å²) in [4.78, 5) is 11.9. The summed E-state index contributed by atoms with van der Waals surface area (Å²) in [5.74, 6) is -0.0191. The van der Waals surface area contributed by atoms with Crippen LogP contribution in [0.2, 0.25) is 0 Å². The normalized spacial score (nSPS) is 11.3. The van der Waals surface area contributed by atoms with Crippen molar-refractivity contribution in [3.8, 4) is 6.07 Å². The van der Waals surface area contributed by atoms with Crippen LogP contribution in [0.5, 0.6) is 0 Å². The molecule has 0 spiro atoms. The van der Waals surface area contributed by atoms with Crippen molar-refractivity contribution in [2.45, 2.75) is 32.9 Å². The zero-order chi connectivity index (χ0) is 14.0. The van der Waals surface area contributed by atoms with Gasteiger partial charge in [0.15, 0.2) is 0 Å². The number of rotatable bonds is 2. The average Bonchev–Trinajstić information content (AvgIpc) is 2.69. The van der Waals surface area contributed by atoms with E-state index in [2.05, 4.69) is 11.4 Å². The van der Waals surface area contributed by atoms with Crippen LogP contribution < -0.4 is 5.32 Å². The van der Waals surface area contributed by atoms with Crippen molar-refractivity contribution in [2.75, 3.05) is 0 Å². The molecule has 0 fully saturated rings. The highest BCUT2D eigenvalue weighted by Gasteiger charge is 2.14. The number of nitrogens with zero attached hydrogens (tertiary/aromatic N) is 2. The maximum Gasteiger partial charge on any atom is 0.240 e. The number of fused-ring (bicyclic) bond motifs is 1. The lowest BCUT2D eigenvalue weighted by atomic mass is 10.1. The lowest BCUT2D eigenvalue weighted by molar-refractivity contribution is -0.123. The third-order valence-corrected chi connectivity index (χ3v) is 2.73. The predicted octanol–water partition coefficient (Wildman–Crippen LogP) is 2.43. The zero-order valence-electron chi connectivity index (χ0n) is 11.4. The Kier molecular flexibility index (Phi) is 3.30. The molecule has 98 valence electrons. The summed E-state index contributed by atoms with van der Waals surface area (Å²) in [7, 11) is 0. The number of nitrogens with one attached hydrogen (secondary N) is 1. The molecular formula is C15H17N3O. The fraction of sp³-hybridized carbons (Fsp3) is 0.333. The van der Waals surface area contributed by atoms with E-state index in [0.29, 0.717) is 5.56 Å². The molecule has 0 bridgehead atoms. The van der Waals surface area contributed by atoms with Crippen molar-refractivity contribution >= 4 is 16.8 Å². The van der Waals surface area contributed by atoms with E-state index in [1.165, 1.54) is 0 Å². The third-order valence-electron chi connectivity index (χ3n) is 2.73. The molecule has 4 nitrogen and oxygen atoms in total. The molecule has 1 N–H and O–H groups in total. The molecule has 19 heavy (non-hydrogen) atoms. The van der Waals surface area contributed by atoms with Crippen LogP contribution in [0.1, 0.15) is 26.3 Å². The maximum absolute atomic E-state index is 11.9. The number of carbonyl (C=O) groups excluding carboxylic acids is 1. The van der Waals surface area contributed by atoms with Gasteiger partial charge in [0.25, 0.3) is 0 Å². The van der Waals surface area contributed by atoms with Gasteiger partial charge in [-0.25, -0.2) is 0 Å². The summed E-state index contributed by atoms with van der Waals surface area (Å²) in [6, 6.07) is 9.49. The van der Waals surface area contributed by atoms with Crippen LogP contribution in [0.3, 0.4) is 0 Å². The van der Waals surface area contributed by atoms with E-state index in [1.807, 2.05) is 49.7 Å². The Morgan fingerprint density at radius 1 is 1.37 bits per heavy atom. The SMILES string of the molecule is CC(C)(C)NC(=O)Cn1ccc2cc(C#N)ccc21. The average molecular weight is 255 g/mol. The summed E-state index contributed by atoms with van der Waals surface area (Å²) in [5, 5.41) is 12.8. The standard InChI is InChI=1S/C15H17N3O/c1-15(2,3)17-14(19)10-18-7-6-12-8-11(9-16)4-5-13(12)18/h4-8H,10H2,1-3H3,(H,17,19). The zero-order valence-corrected chi connectivity index (χ0v) is 11.4. The van der Waals surface area contributed by atoms with Gasteiger partial charge in [-0.15, -0.1) is 0 Å². The van der Waals surface area contributed by atoms with Crippen molar-refractivity contribution in [3.63, 3.8) is 0 Å². The van der Waals surface area contributed by atoms with Gasteiger partial charge in [-0.3, -0.25) is 4.79 Å². The molecule has 0 aliphatic heterocycles. The van der Waals surface area contributed by atoms with Gasteiger partial charge in [-0.1, -0.05) is 0 Å². The van der Waals surface area contributed by atoms with Crippen LogP contribution in [0.25, 0.3) is 10.9 Å². The Morgan fingerprint density at radius 3 is 2.74 bits per heavy atom. The molecule has 0 radical (unpaired) electrons. The predicted molar refractivity (Wildman–Crippen MR) is 74.5 cm³/mol. The van der Waals surface area contributed by atoms with E-state index in [9.17, 15) is 4.79 Å². The third kappa shape index (κ3) is 3.14. The lowest BCUT2D eigenvalue weighted by Crippen LogP contribution is -2.42. The molecule has 2 aromatic rings. The van der Waals surface area contributed by atoms with Crippen LogP contribution in [-0.2, 0) is 11.3 Å². The highest BCUT2D eigenvalue weighted by Crippen LogP contribution is 2.17. The van der Waals surface area contributed by atoms with Crippen molar-refractivity contribution in [2.24, 2.45) is 0 Å². The minimum absolute atomic E-state index is 0.0191. The van der Waals surface area contributed by atoms with Gasteiger partial charge in [-0.05, 0) is 45.0 Å². The van der Waals surface area contributed by atoms with E-state index >= 15 is 0 Å². The van der Waals surface area contributed by atoms with Crippen LogP contribution >= 0.6 is 0 Å². The number of hydrogen-bond donors (Lipinski definition) is 1. The van der Waals surface area contributed by atoms with E-state index in [1.54, 1.807) is 6.07 Å². The van der Waals surface area contributed by atoms with Crippen molar-refractivity contribution in [3.05, 3.63) is 36.0 Å². The summed E-state index contributed by atoms with van der Waals surface area (Å²) < 4.78 is 1.89. The van der Waals surface area contributed by atoms with Crippen LogP contribution in [0.15, 0.2) is 30.5 Å². The minimum atomic E-state index is -0.228. The molecule has 0 atom stereocenters. The van der Waals surface area contributed by atoms with Gasteiger partial charge in [0.05, 0.1) is 11.6 Å². The van der Waals surface area contributed by atoms with Crippen LogP contribution in [0, 0.1) is 11.3 Å². The van der Waals surface area contributed by atoms with Gasteiger partial charge in [-0.2, -0.15) is 5.26 Å². The number of amides is 1. The van der Waals surface area contributed by atoms with Crippen molar-refractivity contribution < 1.29 is 4.79 Å². The first-order chi connectivity index (χ1) is 8.89. The second-order valence-electron chi connectivity index (χ2n) is 5.63. The van der Waals surface area contributed by atoms with E-state index < -0.39 is 0 Å². The second-order valence-corrected chi connectivity index (χ2v) is 5.63. The molecule has 2 rings (SSSR count). The largest absolute Gasteiger partial charge is 0.350 e. The number of carbonyl (C=O) groups is 1. The first kappa shape index (κ1) is 13.2. The smallest absolute Gasteiger partial charge is 0.240 e. The fourth-order valence-corrected chi connectivity index (χ4v) is 2.02. The van der Waals surface area contributed by atoms with Crippen LogP contribution in [0.4, 0.5) is 0 Å². The van der Waals surface area contributed by atoms with E-state index in [4.69, 9.17) is 5.26 Å². The monoisotopic (exact) mass is 255 g/mol. The summed E-state index contributed by atoms with van der Waals surface area (Å²) in [6.07, 6.45) is 1.87. The summed E-state index contributed by atoms with van der Waals surface area (Å²) in [6.45, 7) is 6.15. The Morgan fingerprint density at radius 2 is 2.11 bits per heavy atom. The molecule has 0 unspecified atom stereocenters. The molecule has 4 heteroatoms. The quantitative estimate of drug-likeness (QED) is 0.896. The minimum Gasteiger partial charge on any atom is -0.350 e. The molecule has 1 heterocycles. The maximum atomic E-state index is 11.9. The Labute approximate surface area is 112 Å². The molecule has 0 saturated heterocycles. The van der Waals surface area contributed by atoms with Gasteiger partial charge >= 0.3 is 0 Å². The number of hydrogen-bond acceptors (Lipinski definition) is 2. The highest BCUT2D eigenvalue weighted by molar-refractivity contribution is 5.84. The molecule has 1 aromatic heterocycles. The molecule has 0 aliphatic carbocycles. The molecule has 0 saturated carbocycles. The fourth-order valence-electron chi connectivity index (χ4n) is 2.02. The van der Waals surface area contributed by atoms with Crippen molar-refractivity contribution in [1.82, 2.24) is 9.88 Å². The first-order valence-corrected chi connectivity index (χ1v) is 6.19. The van der Waals surface area contributed by atoms with Gasteiger partial charge in [0.1, 0.15) is 6.54 Å². The topological polar surface area (TPSA) is 57.8 Å². The Balaban J connectivity index is 2.23. The Hall–Kier alpha value is -2.28. The van der Waals surface area contributed by atoms with Crippen LogP contribution in [-0.4, -0.2) is 16.0 Å². The van der Waals surface area contributed by atoms with E-state index in [-0.39, 0.29) is 18.0 Å². The molecule has 0 aliphatic rings. The number of benzene rings is 1. The van der Waals surface area contributed by atoms with Gasteiger partial charge in [0, 0.05) is 22.6 Å². The van der Waals surface area contributed by atoms with Gasteiger partial charge in [0.2, 0.25) is 5.91 Å². The summed E-state index contributed by atoms with van der Waals surface area (Å²) >= 11 is 0.